The molecular formula is C14H25N5O6S. The molecule has 148 valence electrons. The van der Waals surface area contributed by atoms with Gasteiger partial charge in [-0.05, 0) is 25.4 Å². The summed E-state index contributed by atoms with van der Waals surface area (Å²) in [6, 6.07) is -3.16. The van der Waals surface area contributed by atoms with Crippen LogP contribution >= 0.6 is 11.8 Å². The highest BCUT2D eigenvalue weighted by molar-refractivity contribution is 7.98. The highest BCUT2D eigenvalue weighted by atomic mass is 32.2. The number of carbonyl (C=O) groups excluding carboxylic acids is 4. The zero-order chi connectivity index (χ0) is 20.3. The van der Waals surface area contributed by atoms with Crippen molar-refractivity contribution in [3.63, 3.8) is 0 Å². The van der Waals surface area contributed by atoms with Crippen LogP contribution in [0.5, 0.6) is 0 Å². The summed E-state index contributed by atoms with van der Waals surface area (Å²) in [5.41, 5.74) is 10.7. The third-order valence-electron chi connectivity index (χ3n) is 3.17. The third-order valence-corrected chi connectivity index (χ3v) is 3.82. The molecule has 11 nitrogen and oxygen atoms in total. The number of carboxylic acid groups (broad SMARTS) is 1. The molecule has 4 amide bonds. The van der Waals surface area contributed by atoms with E-state index >= 15 is 0 Å². The molecule has 0 fully saturated rings. The van der Waals surface area contributed by atoms with Crippen LogP contribution in [0.1, 0.15) is 19.8 Å². The molecule has 0 rings (SSSR count). The van der Waals surface area contributed by atoms with Crippen LogP contribution in [0.4, 0.5) is 0 Å². The maximum Gasteiger partial charge on any atom is 0.322 e. The van der Waals surface area contributed by atoms with Crippen molar-refractivity contribution in [2.45, 2.75) is 37.9 Å². The van der Waals surface area contributed by atoms with E-state index in [-0.39, 0.29) is 0 Å². The molecule has 0 spiro atoms. The van der Waals surface area contributed by atoms with E-state index < -0.39 is 60.7 Å². The van der Waals surface area contributed by atoms with Gasteiger partial charge in [0.05, 0.1) is 12.5 Å². The Hall–Kier alpha value is -2.34. The van der Waals surface area contributed by atoms with Crippen LogP contribution in [0, 0.1) is 0 Å². The molecule has 8 N–H and O–H groups in total. The van der Waals surface area contributed by atoms with Crippen LogP contribution in [0.25, 0.3) is 0 Å². The van der Waals surface area contributed by atoms with E-state index in [9.17, 15) is 24.0 Å². The van der Waals surface area contributed by atoms with Gasteiger partial charge in [-0.3, -0.25) is 24.0 Å². The minimum absolute atomic E-state index is 0.434. The number of carboxylic acids is 1. The number of aliphatic carboxylic acids is 1. The van der Waals surface area contributed by atoms with Gasteiger partial charge in [0.25, 0.3) is 0 Å². The molecule has 0 heterocycles. The van der Waals surface area contributed by atoms with Crippen molar-refractivity contribution in [2.75, 3.05) is 18.6 Å². The zero-order valence-electron chi connectivity index (χ0n) is 14.6. The average Bonchev–Trinajstić information content (AvgIpc) is 2.55. The second kappa shape index (κ2) is 12.1. The Morgan fingerprint density at radius 1 is 1.08 bits per heavy atom. The van der Waals surface area contributed by atoms with Crippen LogP contribution in [0.3, 0.4) is 0 Å². The van der Waals surface area contributed by atoms with Gasteiger partial charge in [0, 0.05) is 0 Å². The molecule has 26 heavy (non-hydrogen) atoms. The maximum absolute atomic E-state index is 12.1. The standard InChI is InChI=1S/C14H25N5O6S/c1-7(18-13(24)8(15)3-4-26-2)12(23)19-9(5-10(16)20)14(25)17-6-11(21)22/h7-9H,3-6,15H2,1-2H3,(H2,16,20)(H,17,25)(H,18,24)(H,19,23)(H,21,22). The number of carbonyl (C=O) groups is 5. The molecule has 0 aliphatic rings. The van der Waals surface area contributed by atoms with Crippen LogP contribution in [0.15, 0.2) is 0 Å². The molecule has 3 atom stereocenters. The minimum atomic E-state index is -1.36. The maximum atomic E-state index is 12.1. The SMILES string of the molecule is CSCCC(N)C(=O)NC(C)C(=O)NC(CC(N)=O)C(=O)NCC(=O)O. The monoisotopic (exact) mass is 391 g/mol. The molecule has 0 aliphatic carbocycles. The van der Waals surface area contributed by atoms with Crippen molar-refractivity contribution in [1.82, 2.24) is 16.0 Å². The first kappa shape index (κ1) is 23.7. The van der Waals surface area contributed by atoms with Gasteiger partial charge >= 0.3 is 5.97 Å². The Morgan fingerprint density at radius 3 is 2.19 bits per heavy atom. The summed E-state index contributed by atoms with van der Waals surface area (Å²) in [5, 5.41) is 15.3. The van der Waals surface area contributed by atoms with Crippen molar-refractivity contribution >= 4 is 41.4 Å². The molecule has 0 saturated carbocycles. The van der Waals surface area contributed by atoms with Crippen molar-refractivity contribution in [3.05, 3.63) is 0 Å². The highest BCUT2D eigenvalue weighted by Crippen LogP contribution is 2.00. The van der Waals surface area contributed by atoms with Gasteiger partial charge in [0.2, 0.25) is 23.6 Å². The number of amides is 4. The topological polar surface area (TPSA) is 194 Å². The lowest BCUT2D eigenvalue weighted by atomic mass is 10.1. The molecule has 0 saturated heterocycles. The minimum Gasteiger partial charge on any atom is -0.480 e. The molecule has 0 aliphatic heterocycles. The van der Waals surface area contributed by atoms with Gasteiger partial charge in [-0.2, -0.15) is 11.8 Å². The largest absolute Gasteiger partial charge is 0.480 e. The molecule has 12 heteroatoms. The third kappa shape index (κ3) is 9.84. The average molecular weight is 391 g/mol. The van der Waals surface area contributed by atoms with Crippen molar-refractivity contribution < 1.29 is 29.1 Å². The predicted octanol–water partition coefficient (Wildman–Crippen LogP) is -2.87. The molecule has 0 aromatic carbocycles. The van der Waals surface area contributed by atoms with E-state index in [4.69, 9.17) is 16.6 Å². The number of hydrogen-bond acceptors (Lipinski definition) is 7. The van der Waals surface area contributed by atoms with Gasteiger partial charge < -0.3 is 32.5 Å². The Morgan fingerprint density at radius 2 is 1.69 bits per heavy atom. The smallest absolute Gasteiger partial charge is 0.322 e. The summed E-state index contributed by atoms with van der Waals surface area (Å²) >= 11 is 1.53. The first-order valence-electron chi connectivity index (χ1n) is 7.71. The Balaban J connectivity index is 4.75. The van der Waals surface area contributed by atoms with Gasteiger partial charge in [-0.25, -0.2) is 0 Å². The Kier molecular flexibility index (Phi) is 11.0. The van der Waals surface area contributed by atoms with E-state index in [0.29, 0.717) is 12.2 Å². The Labute approximate surface area is 155 Å². The Bertz CT molecular complexity index is 544. The number of nitrogens with one attached hydrogen (secondary N) is 3. The van der Waals surface area contributed by atoms with Crippen molar-refractivity contribution in [2.24, 2.45) is 11.5 Å². The van der Waals surface area contributed by atoms with Crippen LogP contribution in [0.2, 0.25) is 0 Å². The van der Waals surface area contributed by atoms with Crippen LogP contribution in [-0.4, -0.2) is 71.4 Å². The quantitative estimate of drug-likeness (QED) is 0.204. The summed E-state index contributed by atoms with van der Waals surface area (Å²) in [7, 11) is 0. The number of rotatable bonds is 12. The fourth-order valence-corrected chi connectivity index (χ4v) is 2.24. The van der Waals surface area contributed by atoms with Crippen molar-refractivity contribution in [1.29, 1.82) is 0 Å². The fourth-order valence-electron chi connectivity index (χ4n) is 1.75. The molecule has 0 aromatic heterocycles. The van der Waals surface area contributed by atoms with Gasteiger partial charge in [0.1, 0.15) is 18.6 Å². The number of thioether (sulfide) groups is 1. The van der Waals surface area contributed by atoms with E-state index in [2.05, 4.69) is 10.6 Å². The van der Waals surface area contributed by atoms with E-state index in [1.807, 2.05) is 11.6 Å². The number of nitrogens with two attached hydrogens (primary N) is 2. The summed E-state index contributed by atoms with van der Waals surface area (Å²) in [4.78, 5) is 57.5. The molecule has 0 radical (unpaired) electrons. The first-order chi connectivity index (χ1) is 12.1. The van der Waals surface area contributed by atoms with Crippen LogP contribution < -0.4 is 27.4 Å². The van der Waals surface area contributed by atoms with Crippen LogP contribution in [-0.2, 0) is 24.0 Å². The number of hydrogen-bond donors (Lipinski definition) is 6. The second-order valence-electron chi connectivity index (χ2n) is 5.46. The molecular weight excluding hydrogens is 366 g/mol. The second-order valence-corrected chi connectivity index (χ2v) is 6.45. The molecule has 0 bridgehead atoms. The fraction of sp³-hybridized carbons (Fsp3) is 0.643. The van der Waals surface area contributed by atoms with E-state index in [0.717, 1.165) is 0 Å². The van der Waals surface area contributed by atoms with Gasteiger partial charge in [-0.1, -0.05) is 0 Å². The predicted molar refractivity (Wildman–Crippen MR) is 95.0 cm³/mol. The summed E-state index contributed by atoms with van der Waals surface area (Å²) in [6.45, 7) is 0.700. The highest BCUT2D eigenvalue weighted by Gasteiger charge is 2.26. The summed E-state index contributed by atoms with van der Waals surface area (Å²) in [6.07, 6.45) is 1.78. The summed E-state index contributed by atoms with van der Waals surface area (Å²) in [5.74, 6) is -3.62. The normalized spacial score (nSPS) is 13.8. The first-order valence-corrected chi connectivity index (χ1v) is 9.10. The van der Waals surface area contributed by atoms with Gasteiger partial charge in [-0.15, -0.1) is 0 Å². The lowest BCUT2D eigenvalue weighted by molar-refractivity contribution is -0.138. The number of primary amides is 1. The molecule has 0 aromatic rings. The van der Waals surface area contributed by atoms with E-state index in [1.165, 1.54) is 18.7 Å². The molecule has 3 unspecified atom stereocenters. The lowest BCUT2D eigenvalue weighted by Gasteiger charge is -2.21. The van der Waals surface area contributed by atoms with E-state index in [1.54, 1.807) is 0 Å². The van der Waals surface area contributed by atoms with Gasteiger partial charge in [0.15, 0.2) is 0 Å². The van der Waals surface area contributed by atoms with Crippen molar-refractivity contribution in [3.8, 4) is 0 Å². The lowest BCUT2D eigenvalue weighted by Crippen LogP contribution is -2.55. The summed E-state index contributed by atoms with van der Waals surface area (Å²) < 4.78 is 0. The zero-order valence-corrected chi connectivity index (χ0v) is 15.4.